The number of alkyl halides is 2. The lowest BCUT2D eigenvalue weighted by molar-refractivity contribution is 0.150. The SMILES string of the molecule is Cc1nc2nonc2c(N)c1Cc1cnc(Cl)cc1C(F)F. The molecule has 0 radical (unpaired) electrons. The minimum Gasteiger partial charge on any atom is -0.396 e. The lowest BCUT2D eigenvalue weighted by Gasteiger charge is -2.12. The highest BCUT2D eigenvalue weighted by molar-refractivity contribution is 6.29. The number of hydrogen-bond acceptors (Lipinski definition) is 6. The molecule has 0 aliphatic rings. The number of halogens is 3. The maximum absolute atomic E-state index is 13.1. The Hall–Kier alpha value is -2.35. The summed E-state index contributed by atoms with van der Waals surface area (Å²) >= 11 is 5.68. The molecular weight excluding hydrogens is 316 g/mol. The summed E-state index contributed by atoms with van der Waals surface area (Å²) in [4.78, 5) is 8.06. The van der Waals surface area contributed by atoms with E-state index in [1.807, 2.05) is 0 Å². The molecule has 3 aromatic rings. The van der Waals surface area contributed by atoms with E-state index < -0.39 is 6.43 Å². The number of rotatable bonds is 3. The number of nitrogen functional groups attached to an aromatic ring is 1. The van der Waals surface area contributed by atoms with Crippen LogP contribution in [-0.4, -0.2) is 20.3 Å². The van der Waals surface area contributed by atoms with E-state index in [0.29, 0.717) is 28.0 Å². The van der Waals surface area contributed by atoms with Crippen LogP contribution in [-0.2, 0) is 6.42 Å². The summed E-state index contributed by atoms with van der Waals surface area (Å²) in [6.07, 6.45) is -1.21. The Labute approximate surface area is 128 Å². The second-order valence-corrected chi connectivity index (χ2v) is 5.10. The van der Waals surface area contributed by atoms with Crippen molar-refractivity contribution in [3.05, 3.63) is 39.8 Å². The first-order valence-electron chi connectivity index (χ1n) is 6.27. The van der Waals surface area contributed by atoms with Gasteiger partial charge in [0.05, 0.1) is 5.69 Å². The summed E-state index contributed by atoms with van der Waals surface area (Å²) in [6.45, 7) is 1.71. The van der Waals surface area contributed by atoms with E-state index in [1.54, 1.807) is 6.92 Å². The Morgan fingerprint density at radius 3 is 2.86 bits per heavy atom. The molecule has 0 aliphatic carbocycles. The van der Waals surface area contributed by atoms with E-state index in [4.69, 9.17) is 17.3 Å². The Bertz CT molecular complexity index is 852. The molecule has 2 N–H and O–H groups in total. The van der Waals surface area contributed by atoms with Crippen molar-refractivity contribution in [3.63, 3.8) is 0 Å². The third-order valence-electron chi connectivity index (χ3n) is 3.35. The topological polar surface area (TPSA) is 90.7 Å². The second-order valence-electron chi connectivity index (χ2n) is 4.71. The highest BCUT2D eigenvalue weighted by Gasteiger charge is 2.19. The Kier molecular flexibility index (Phi) is 3.61. The number of anilines is 1. The Balaban J connectivity index is 2.11. The predicted octanol–water partition coefficient (Wildman–Crippen LogP) is 3.09. The van der Waals surface area contributed by atoms with E-state index in [-0.39, 0.29) is 22.8 Å². The van der Waals surface area contributed by atoms with Crippen LogP contribution < -0.4 is 5.73 Å². The molecule has 9 heteroatoms. The fraction of sp³-hybridized carbons (Fsp3) is 0.231. The number of nitrogens with two attached hydrogens (primary N) is 1. The molecule has 0 bridgehead atoms. The molecule has 0 atom stereocenters. The van der Waals surface area contributed by atoms with Crippen molar-refractivity contribution in [2.75, 3.05) is 5.73 Å². The molecule has 0 fully saturated rings. The molecule has 6 nitrogen and oxygen atoms in total. The highest BCUT2D eigenvalue weighted by Crippen LogP contribution is 2.30. The number of aromatic nitrogens is 4. The van der Waals surface area contributed by atoms with Crippen molar-refractivity contribution in [1.29, 1.82) is 0 Å². The van der Waals surface area contributed by atoms with Crippen molar-refractivity contribution in [2.24, 2.45) is 0 Å². The van der Waals surface area contributed by atoms with Gasteiger partial charge in [-0.25, -0.2) is 23.4 Å². The predicted molar refractivity (Wildman–Crippen MR) is 75.8 cm³/mol. The molecule has 0 saturated carbocycles. The normalized spacial score (nSPS) is 11.5. The number of fused-ring (bicyclic) bond motifs is 1. The van der Waals surface area contributed by atoms with Crippen LogP contribution in [0, 0.1) is 6.92 Å². The first-order valence-corrected chi connectivity index (χ1v) is 6.65. The Morgan fingerprint density at radius 1 is 1.36 bits per heavy atom. The molecule has 0 spiro atoms. The molecule has 0 aromatic carbocycles. The van der Waals surface area contributed by atoms with Gasteiger partial charge in [-0.3, -0.25) is 0 Å². The zero-order valence-electron chi connectivity index (χ0n) is 11.3. The van der Waals surface area contributed by atoms with Gasteiger partial charge in [0, 0.05) is 29.4 Å². The molecule has 0 aliphatic heterocycles. The van der Waals surface area contributed by atoms with Gasteiger partial charge in [-0.1, -0.05) is 11.6 Å². The summed E-state index contributed by atoms with van der Waals surface area (Å²) < 4.78 is 30.9. The van der Waals surface area contributed by atoms with Gasteiger partial charge in [0.2, 0.25) is 5.65 Å². The van der Waals surface area contributed by atoms with Gasteiger partial charge in [0.1, 0.15) is 5.15 Å². The molecular formula is C13H10ClF2N5O. The zero-order chi connectivity index (χ0) is 15.9. The quantitative estimate of drug-likeness (QED) is 0.744. The van der Waals surface area contributed by atoms with Crippen LogP contribution in [0.15, 0.2) is 16.9 Å². The third-order valence-corrected chi connectivity index (χ3v) is 3.56. The van der Waals surface area contributed by atoms with Gasteiger partial charge in [-0.05, 0) is 28.9 Å². The summed E-state index contributed by atoms with van der Waals surface area (Å²) in [7, 11) is 0. The molecule has 0 saturated heterocycles. The van der Waals surface area contributed by atoms with Crippen LogP contribution >= 0.6 is 11.6 Å². The van der Waals surface area contributed by atoms with Crippen LogP contribution in [0.2, 0.25) is 5.15 Å². The van der Waals surface area contributed by atoms with E-state index >= 15 is 0 Å². The van der Waals surface area contributed by atoms with Crippen LogP contribution in [0.5, 0.6) is 0 Å². The highest BCUT2D eigenvalue weighted by atomic mass is 35.5. The minimum absolute atomic E-state index is 0.0121. The standard InChI is InChI=1S/C13H10ClF2N5O/c1-5-7(10(17)11-13(19-5)21-22-20-11)2-6-4-18-9(14)3-8(6)12(15)16/h3-4,12H,2,17H2,1H3. The van der Waals surface area contributed by atoms with E-state index in [0.717, 1.165) is 6.07 Å². The number of aryl methyl sites for hydroxylation is 1. The third kappa shape index (κ3) is 2.45. The number of hydrogen-bond donors (Lipinski definition) is 1. The molecule has 3 heterocycles. The minimum atomic E-state index is -2.66. The molecule has 3 aromatic heterocycles. The van der Waals surface area contributed by atoms with Crippen molar-refractivity contribution >= 4 is 28.5 Å². The Morgan fingerprint density at radius 2 is 2.14 bits per heavy atom. The van der Waals surface area contributed by atoms with Gasteiger partial charge < -0.3 is 5.73 Å². The maximum atomic E-state index is 13.1. The zero-order valence-corrected chi connectivity index (χ0v) is 12.1. The fourth-order valence-electron chi connectivity index (χ4n) is 2.23. The van der Waals surface area contributed by atoms with Crippen LogP contribution in [0.25, 0.3) is 11.2 Å². The maximum Gasteiger partial charge on any atom is 0.264 e. The smallest absolute Gasteiger partial charge is 0.264 e. The van der Waals surface area contributed by atoms with Gasteiger partial charge in [0.25, 0.3) is 6.43 Å². The van der Waals surface area contributed by atoms with Gasteiger partial charge >= 0.3 is 0 Å². The van der Waals surface area contributed by atoms with Crippen molar-refractivity contribution in [2.45, 2.75) is 19.8 Å². The first kappa shape index (κ1) is 14.6. The van der Waals surface area contributed by atoms with Crippen LogP contribution in [0.3, 0.4) is 0 Å². The first-order chi connectivity index (χ1) is 10.5. The summed E-state index contributed by atoms with van der Waals surface area (Å²) in [6, 6.07) is 1.15. The van der Waals surface area contributed by atoms with Crippen LogP contribution in [0.4, 0.5) is 14.5 Å². The average Bonchev–Trinajstić information content (AvgIpc) is 2.92. The number of nitrogens with zero attached hydrogens (tertiary/aromatic N) is 4. The monoisotopic (exact) mass is 325 g/mol. The van der Waals surface area contributed by atoms with E-state index in [1.165, 1.54) is 6.20 Å². The van der Waals surface area contributed by atoms with Gasteiger partial charge in [-0.15, -0.1) is 0 Å². The summed E-state index contributed by atoms with van der Waals surface area (Å²) in [5, 5.41) is 7.31. The second kappa shape index (κ2) is 5.45. The molecule has 3 rings (SSSR count). The molecule has 0 unspecified atom stereocenters. The largest absolute Gasteiger partial charge is 0.396 e. The van der Waals surface area contributed by atoms with Crippen molar-refractivity contribution in [1.82, 2.24) is 20.3 Å². The fourth-order valence-corrected chi connectivity index (χ4v) is 2.39. The summed E-state index contributed by atoms with van der Waals surface area (Å²) in [5.41, 5.74) is 8.21. The van der Waals surface area contributed by atoms with Gasteiger partial charge in [-0.2, -0.15) is 0 Å². The molecule has 114 valence electrons. The number of pyridine rings is 2. The van der Waals surface area contributed by atoms with Crippen molar-refractivity contribution < 1.29 is 13.4 Å². The summed E-state index contributed by atoms with van der Waals surface area (Å²) in [5.74, 6) is 0. The average molecular weight is 326 g/mol. The van der Waals surface area contributed by atoms with Gasteiger partial charge in [0.15, 0.2) is 5.52 Å². The lowest BCUT2D eigenvalue weighted by Crippen LogP contribution is -2.05. The van der Waals surface area contributed by atoms with E-state index in [2.05, 4.69) is 24.9 Å². The van der Waals surface area contributed by atoms with Crippen molar-refractivity contribution in [3.8, 4) is 0 Å². The molecule has 0 amide bonds. The van der Waals surface area contributed by atoms with E-state index in [9.17, 15) is 8.78 Å². The lowest BCUT2D eigenvalue weighted by atomic mass is 9.99. The van der Waals surface area contributed by atoms with Crippen LogP contribution in [0.1, 0.15) is 28.8 Å². The molecule has 22 heavy (non-hydrogen) atoms.